The van der Waals surface area contributed by atoms with Crippen LogP contribution in [0.1, 0.15) is 15.9 Å². The Hall–Kier alpha value is -3.77. The van der Waals surface area contributed by atoms with E-state index in [1.165, 1.54) is 41.1 Å². The van der Waals surface area contributed by atoms with E-state index in [4.69, 9.17) is 11.6 Å². The topological polar surface area (TPSA) is 68.2 Å². The predicted octanol–water partition coefficient (Wildman–Crippen LogP) is 4.66. The lowest BCUT2D eigenvalue weighted by Gasteiger charge is -2.14. The van der Waals surface area contributed by atoms with E-state index in [0.29, 0.717) is 21.8 Å². The van der Waals surface area contributed by atoms with Crippen molar-refractivity contribution in [2.24, 2.45) is 0 Å². The molecule has 0 radical (unpaired) electrons. The minimum atomic E-state index is -0.457. The fourth-order valence-corrected chi connectivity index (χ4v) is 3.47. The average Bonchev–Trinajstić information content (AvgIpc) is 2.77. The van der Waals surface area contributed by atoms with E-state index in [-0.39, 0.29) is 17.5 Å². The highest BCUT2D eigenvalue weighted by atomic mass is 35.5. The summed E-state index contributed by atoms with van der Waals surface area (Å²) < 4.78 is 14.6. The number of carbonyl (C=O) groups is 2. The van der Waals surface area contributed by atoms with Crippen molar-refractivity contribution in [2.75, 3.05) is 5.32 Å². The molecule has 0 aliphatic rings. The fourth-order valence-electron chi connectivity index (χ4n) is 3.30. The Morgan fingerprint density at radius 1 is 0.968 bits per heavy atom. The van der Waals surface area contributed by atoms with Gasteiger partial charge in [0.1, 0.15) is 12.4 Å². The number of halogens is 2. The van der Waals surface area contributed by atoms with Gasteiger partial charge >= 0.3 is 0 Å². The number of rotatable bonds is 5. The third-order valence-corrected chi connectivity index (χ3v) is 5.00. The molecule has 0 aliphatic heterocycles. The van der Waals surface area contributed by atoms with E-state index in [9.17, 15) is 18.8 Å². The minimum Gasteiger partial charge on any atom is -0.337 e. The molecule has 0 atom stereocenters. The van der Waals surface area contributed by atoms with Crippen LogP contribution in [0.5, 0.6) is 0 Å². The lowest BCUT2D eigenvalue weighted by Crippen LogP contribution is -2.24. The van der Waals surface area contributed by atoms with Gasteiger partial charge in [0.2, 0.25) is 11.3 Å². The molecule has 4 aromatic rings. The van der Waals surface area contributed by atoms with Gasteiger partial charge in [0.05, 0.1) is 11.1 Å². The Labute approximate surface area is 181 Å². The van der Waals surface area contributed by atoms with Crippen LogP contribution in [0.3, 0.4) is 0 Å². The Bertz CT molecular complexity index is 1350. The monoisotopic (exact) mass is 434 g/mol. The molecule has 1 aromatic heterocycles. The molecule has 0 saturated heterocycles. The molecule has 31 heavy (non-hydrogen) atoms. The SMILES string of the molecule is O=C(Cn1cc(C(=O)c2ccccc2)c(=O)c2cc(Cl)ccc21)Nc1ccc(F)cc1. The molecule has 4 rings (SSSR count). The first-order valence-electron chi connectivity index (χ1n) is 9.40. The molecule has 1 heterocycles. The summed E-state index contributed by atoms with van der Waals surface area (Å²) in [7, 11) is 0. The summed E-state index contributed by atoms with van der Waals surface area (Å²) >= 11 is 6.07. The molecule has 0 saturated carbocycles. The number of benzene rings is 3. The van der Waals surface area contributed by atoms with Gasteiger partial charge in [-0.2, -0.15) is 0 Å². The van der Waals surface area contributed by atoms with Crippen molar-refractivity contribution >= 4 is 39.9 Å². The Morgan fingerprint density at radius 2 is 1.68 bits per heavy atom. The number of hydrogen-bond donors (Lipinski definition) is 1. The van der Waals surface area contributed by atoms with E-state index in [2.05, 4.69) is 5.32 Å². The van der Waals surface area contributed by atoms with Crippen LogP contribution in [0.4, 0.5) is 10.1 Å². The molecule has 3 aromatic carbocycles. The molecule has 5 nitrogen and oxygen atoms in total. The number of hydrogen-bond acceptors (Lipinski definition) is 3. The van der Waals surface area contributed by atoms with Gasteiger partial charge in [-0.15, -0.1) is 0 Å². The third kappa shape index (κ3) is 4.39. The summed E-state index contributed by atoms with van der Waals surface area (Å²) in [5.74, 6) is -1.25. The number of carbonyl (C=O) groups excluding carboxylic acids is 2. The quantitative estimate of drug-likeness (QED) is 0.464. The van der Waals surface area contributed by atoms with E-state index >= 15 is 0 Å². The molecular formula is C24H16ClFN2O3. The molecule has 0 aliphatic carbocycles. The van der Waals surface area contributed by atoms with Crippen LogP contribution in [0.15, 0.2) is 83.8 Å². The Balaban J connectivity index is 1.76. The van der Waals surface area contributed by atoms with Crippen LogP contribution in [-0.4, -0.2) is 16.3 Å². The number of amides is 1. The lowest BCUT2D eigenvalue weighted by atomic mass is 10.0. The van der Waals surface area contributed by atoms with Crippen LogP contribution < -0.4 is 10.7 Å². The second-order valence-corrected chi connectivity index (χ2v) is 7.35. The predicted molar refractivity (Wildman–Crippen MR) is 118 cm³/mol. The smallest absolute Gasteiger partial charge is 0.244 e. The summed E-state index contributed by atoms with van der Waals surface area (Å²) in [5.41, 5.74) is 0.744. The van der Waals surface area contributed by atoms with Crippen molar-refractivity contribution in [3.8, 4) is 0 Å². The van der Waals surface area contributed by atoms with Gasteiger partial charge in [-0.1, -0.05) is 41.9 Å². The van der Waals surface area contributed by atoms with Crippen molar-refractivity contribution in [1.82, 2.24) is 4.57 Å². The zero-order chi connectivity index (χ0) is 22.0. The number of pyridine rings is 1. The molecule has 0 unspecified atom stereocenters. The molecule has 1 amide bonds. The molecule has 0 spiro atoms. The maximum absolute atomic E-state index is 13.1. The number of anilines is 1. The van der Waals surface area contributed by atoms with Crippen LogP contribution in [-0.2, 0) is 11.3 Å². The molecule has 1 N–H and O–H groups in total. The van der Waals surface area contributed by atoms with Gasteiger partial charge in [-0.25, -0.2) is 4.39 Å². The summed E-state index contributed by atoms with van der Waals surface area (Å²) in [6.45, 7) is -0.162. The van der Waals surface area contributed by atoms with E-state index in [0.717, 1.165) is 0 Å². The molecule has 0 fully saturated rings. The highest BCUT2D eigenvalue weighted by Gasteiger charge is 2.18. The van der Waals surface area contributed by atoms with Crippen molar-refractivity contribution in [1.29, 1.82) is 0 Å². The number of nitrogens with zero attached hydrogens (tertiary/aromatic N) is 1. The summed E-state index contributed by atoms with van der Waals surface area (Å²) in [5, 5.41) is 3.26. The summed E-state index contributed by atoms with van der Waals surface area (Å²) in [6, 6.07) is 18.5. The van der Waals surface area contributed by atoms with Crippen LogP contribution in [0.2, 0.25) is 5.02 Å². The molecule has 154 valence electrons. The normalized spacial score (nSPS) is 10.8. The first kappa shape index (κ1) is 20.5. The van der Waals surface area contributed by atoms with Gasteiger partial charge in [-0.05, 0) is 42.5 Å². The highest BCUT2D eigenvalue weighted by Crippen LogP contribution is 2.19. The molecular weight excluding hydrogens is 419 g/mol. The Morgan fingerprint density at radius 3 is 2.39 bits per heavy atom. The van der Waals surface area contributed by atoms with Crippen molar-refractivity contribution < 1.29 is 14.0 Å². The Kier molecular flexibility index (Phi) is 5.64. The standard InChI is InChI=1S/C24H16ClFN2O3/c25-16-6-11-21-19(12-16)24(31)20(23(30)15-4-2-1-3-5-15)13-28(21)14-22(29)27-18-9-7-17(26)8-10-18/h1-13H,14H2,(H,27,29). The van der Waals surface area contributed by atoms with Crippen molar-refractivity contribution in [3.05, 3.63) is 111 Å². The second kappa shape index (κ2) is 8.53. The lowest BCUT2D eigenvalue weighted by molar-refractivity contribution is -0.116. The highest BCUT2D eigenvalue weighted by molar-refractivity contribution is 6.31. The average molecular weight is 435 g/mol. The maximum Gasteiger partial charge on any atom is 0.244 e. The van der Waals surface area contributed by atoms with Gasteiger partial charge < -0.3 is 9.88 Å². The van der Waals surface area contributed by atoms with Crippen molar-refractivity contribution in [3.63, 3.8) is 0 Å². The van der Waals surface area contributed by atoms with E-state index in [1.54, 1.807) is 42.5 Å². The zero-order valence-electron chi connectivity index (χ0n) is 16.1. The first-order valence-corrected chi connectivity index (χ1v) is 9.78. The summed E-state index contributed by atoms with van der Waals surface area (Å²) in [4.78, 5) is 38.6. The van der Waals surface area contributed by atoms with E-state index in [1.807, 2.05) is 0 Å². The maximum atomic E-state index is 13.1. The van der Waals surface area contributed by atoms with Gasteiger partial charge in [0, 0.05) is 27.9 Å². The first-order chi connectivity index (χ1) is 14.9. The second-order valence-electron chi connectivity index (χ2n) is 6.91. The minimum absolute atomic E-state index is 0.0597. The number of nitrogens with one attached hydrogen (secondary N) is 1. The largest absolute Gasteiger partial charge is 0.337 e. The van der Waals surface area contributed by atoms with Gasteiger partial charge in [-0.3, -0.25) is 14.4 Å². The number of fused-ring (bicyclic) bond motifs is 1. The van der Waals surface area contributed by atoms with Crippen molar-refractivity contribution in [2.45, 2.75) is 6.54 Å². The fraction of sp³-hybridized carbons (Fsp3) is 0.0417. The summed E-state index contributed by atoms with van der Waals surface area (Å²) in [6.07, 6.45) is 1.39. The van der Waals surface area contributed by atoms with Crippen LogP contribution in [0, 0.1) is 5.82 Å². The van der Waals surface area contributed by atoms with Gasteiger partial charge in [0.15, 0.2) is 5.78 Å². The molecule has 0 bridgehead atoms. The third-order valence-electron chi connectivity index (χ3n) is 4.76. The van der Waals surface area contributed by atoms with Crippen LogP contribution >= 0.6 is 11.6 Å². The number of ketones is 1. The number of aromatic nitrogens is 1. The molecule has 7 heteroatoms. The van der Waals surface area contributed by atoms with Crippen LogP contribution in [0.25, 0.3) is 10.9 Å². The van der Waals surface area contributed by atoms with E-state index < -0.39 is 22.9 Å². The van der Waals surface area contributed by atoms with Gasteiger partial charge in [0.25, 0.3) is 0 Å². The zero-order valence-corrected chi connectivity index (χ0v) is 16.9.